The maximum Gasteiger partial charge on any atom is 0.311 e. The van der Waals surface area contributed by atoms with Gasteiger partial charge in [0, 0.05) is 31.1 Å². The van der Waals surface area contributed by atoms with E-state index in [2.05, 4.69) is 15.6 Å². The lowest BCUT2D eigenvalue weighted by atomic mass is 9.80. The van der Waals surface area contributed by atoms with E-state index in [4.69, 9.17) is 4.74 Å². The summed E-state index contributed by atoms with van der Waals surface area (Å²) in [6, 6.07) is 0. The van der Waals surface area contributed by atoms with Crippen molar-refractivity contribution >= 4 is 34.3 Å². The lowest BCUT2D eigenvalue weighted by Crippen LogP contribution is -2.46. The summed E-state index contributed by atoms with van der Waals surface area (Å²) in [5.41, 5.74) is -0.426. The van der Waals surface area contributed by atoms with Crippen molar-refractivity contribution in [3.05, 3.63) is 11.1 Å². The zero-order valence-electron chi connectivity index (χ0n) is 14.3. The summed E-state index contributed by atoms with van der Waals surface area (Å²) in [6.07, 6.45) is 0.801. The van der Waals surface area contributed by atoms with E-state index in [1.807, 2.05) is 0 Å². The van der Waals surface area contributed by atoms with Crippen LogP contribution < -0.4 is 10.6 Å². The lowest BCUT2D eigenvalue weighted by molar-refractivity contribution is -0.154. The molecule has 0 unspecified atom stereocenters. The first-order valence-electron chi connectivity index (χ1n) is 8.15. The van der Waals surface area contributed by atoms with Gasteiger partial charge >= 0.3 is 5.97 Å². The van der Waals surface area contributed by atoms with Crippen molar-refractivity contribution in [3.63, 3.8) is 0 Å². The number of hydrogen-bond donors (Lipinski definition) is 3. The Bertz CT molecular complexity index is 637. The molecule has 138 valence electrons. The van der Waals surface area contributed by atoms with E-state index in [-0.39, 0.29) is 30.7 Å². The molecule has 0 aromatic carbocycles. The van der Waals surface area contributed by atoms with Crippen molar-refractivity contribution in [2.45, 2.75) is 33.1 Å². The van der Waals surface area contributed by atoms with E-state index >= 15 is 0 Å². The van der Waals surface area contributed by atoms with Gasteiger partial charge in [-0.15, -0.1) is 11.3 Å². The third-order valence-corrected chi connectivity index (χ3v) is 4.98. The van der Waals surface area contributed by atoms with Gasteiger partial charge in [0.25, 0.3) is 0 Å². The average Bonchev–Trinajstić information content (AvgIpc) is 3.00. The predicted molar refractivity (Wildman–Crippen MR) is 92.4 cm³/mol. The molecule has 9 heteroatoms. The summed E-state index contributed by atoms with van der Waals surface area (Å²) in [6.45, 7) is 4.41. The highest BCUT2D eigenvalue weighted by atomic mass is 32.1. The minimum absolute atomic E-state index is 0.0419. The zero-order valence-corrected chi connectivity index (χ0v) is 15.1. The fourth-order valence-corrected chi connectivity index (χ4v) is 3.13. The molecule has 1 saturated heterocycles. The number of nitrogens with zero attached hydrogens (tertiary/aromatic N) is 1. The van der Waals surface area contributed by atoms with Crippen LogP contribution in [0.2, 0.25) is 0 Å². The first kappa shape index (κ1) is 19.3. The average molecular weight is 369 g/mol. The number of amides is 2. The van der Waals surface area contributed by atoms with Crippen LogP contribution in [-0.2, 0) is 25.5 Å². The fourth-order valence-electron chi connectivity index (χ4n) is 2.42. The third-order valence-electron chi connectivity index (χ3n) is 4.18. The Kier molecular flexibility index (Phi) is 6.49. The summed E-state index contributed by atoms with van der Waals surface area (Å²) in [7, 11) is 0. The van der Waals surface area contributed by atoms with Gasteiger partial charge < -0.3 is 20.5 Å². The summed E-state index contributed by atoms with van der Waals surface area (Å²) >= 11 is 1.25. The summed E-state index contributed by atoms with van der Waals surface area (Å²) in [4.78, 5) is 39.5. The standard InChI is InChI=1S/C16H23N3O5S/c1-10(2)13(21)19-15-18-11(8-25-15)7-12(20)17-9-16(14(22)23)3-5-24-6-4-16/h8,10H,3-7,9H2,1-2H3,(H,17,20)(H,22,23)(H,18,19,21). The van der Waals surface area contributed by atoms with Gasteiger partial charge in [0.2, 0.25) is 11.8 Å². The lowest BCUT2D eigenvalue weighted by Gasteiger charge is -2.33. The minimum Gasteiger partial charge on any atom is -0.481 e. The number of ether oxygens (including phenoxy) is 1. The Balaban J connectivity index is 1.87. The van der Waals surface area contributed by atoms with Crippen LogP contribution in [0.4, 0.5) is 5.13 Å². The maximum atomic E-state index is 12.1. The van der Waals surface area contributed by atoms with Crippen LogP contribution in [0.15, 0.2) is 5.38 Å². The molecule has 0 spiro atoms. The van der Waals surface area contributed by atoms with Crippen molar-refractivity contribution in [2.24, 2.45) is 11.3 Å². The number of carbonyl (C=O) groups excluding carboxylic acids is 2. The molecule has 0 atom stereocenters. The van der Waals surface area contributed by atoms with Crippen molar-refractivity contribution in [2.75, 3.05) is 25.1 Å². The quantitative estimate of drug-likeness (QED) is 0.666. The SMILES string of the molecule is CC(C)C(=O)Nc1nc(CC(=O)NCC2(C(=O)O)CCOCC2)cs1. The Hall–Kier alpha value is -2.00. The second-order valence-corrected chi connectivity index (χ2v) is 7.30. The van der Waals surface area contributed by atoms with Crippen molar-refractivity contribution < 1.29 is 24.2 Å². The topological polar surface area (TPSA) is 118 Å². The third kappa shape index (κ3) is 5.23. The molecule has 25 heavy (non-hydrogen) atoms. The first-order valence-corrected chi connectivity index (χ1v) is 9.03. The Morgan fingerprint density at radius 1 is 1.36 bits per heavy atom. The van der Waals surface area contributed by atoms with Gasteiger partial charge in [-0.3, -0.25) is 14.4 Å². The number of thiazole rings is 1. The number of carboxylic acid groups (broad SMARTS) is 1. The Labute approximate surface area is 150 Å². The first-order chi connectivity index (χ1) is 11.8. The molecule has 2 amide bonds. The highest BCUT2D eigenvalue weighted by Crippen LogP contribution is 2.30. The number of carbonyl (C=O) groups is 3. The van der Waals surface area contributed by atoms with E-state index in [9.17, 15) is 19.5 Å². The Morgan fingerprint density at radius 2 is 2.04 bits per heavy atom. The molecule has 1 aliphatic rings. The largest absolute Gasteiger partial charge is 0.481 e. The van der Waals surface area contributed by atoms with Crippen LogP contribution in [0, 0.1) is 11.3 Å². The van der Waals surface area contributed by atoms with Gasteiger partial charge in [-0.05, 0) is 12.8 Å². The molecule has 0 radical (unpaired) electrons. The highest BCUT2D eigenvalue weighted by Gasteiger charge is 2.40. The predicted octanol–water partition coefficient (Wildman–Crippen LogP) is 1.28. The molecule has 1 fully saturated rings. The number of nitrogens with one attached hydrogen (secondary N) is 2. The van der Waals surface area contributed by atoms with Crippen molar-refractivity contribution in [1.29, 1.82) is 0 Å². The molecule has 0 saturated carbocycles. The molecule has 0 bridgehead atoms. The zero-order chi connectivity index (χ0) is 18.4. The van der Waals surface area contributed by atoms with Crippen LogP contribution in [0.25, 0.3) is 0 Å². The summed E-state index contributed by atoms with van der Waals surface area (Å²) in [5, 5.41) is 17.0. The molecule has 1 aromatic heterocycles. The molecule has 1 aliphatic heterocycles. The van der Waals surface area contributed by atoms with Gasteiger partial charge in [0.1, 0.15) is 0 Å². The fraction of sp³-hybridized carbons (Fsp3) is 0.625. The van der Waals surface area contributed by atoms with Crippen LogP contribution in [0.1, 0.15) is 32.4 Å². The normalized spacial score (nSPS) is 16.4. The van der Waals surface area contributed by atoms with Gasteiger partial charge in [0.15, 0.2) is 5.13 Å². The summed E-state index contributed by atoms with van der Waals surface area (Å²) < 4.78 is 5.21. The van der Waals surface area contributed by atoms with Crippen LogP contribution in [-0.4, -0.2) is 47.6 Å². The van der Waals surface area contributed by atoms with Crippen molar-refractivity contribution in [1.82, 2.24) is 10.3 Å². The van der Waals surface area contributed by atoms with Crippen LogP contribution >= 0.6 is 11.3 Å². The van der Waals surface area contributed by atoms with E-state index in [1.165, 1.54) is 11.3 Å². The number of anilines is 1. The molecule has 3 N–H and O–H groups in total. The molecule has 8 nitrogen and oxygen atoms in total. The second-order valence-electron chi connectivity index (χ2n) is 6.44. The van der Waals surface area contributed by atoms with Crippen LogP contribution in [0.5, 0.6) is 0 Å². The molecular formula is C16H23N3O5S. The van der Waals surface area contributed by atoms with Gasteiger partial charge in [-0.25, -0.2) is 4.98 Å². The maximum absolute atomic E-state index is 12.1. The summed E-state index contributed by atoms with van der Waals surface area (Å²) in [5.74, 6) is -1.49. The van der Waals surface area contributed by atoms with Gasteiger partial charge in [-0.1, -0.05) is 13.8 Å². The smallest absolute Gasteiger partial charge is 0.311 e. The minimum atomic E-state index is -0.966. The molecular weight excluding hydrogens is 346 g/mol. The van der Waals surface area contributed by atoms with E-state index < -0.39 is 11.4 Å². The second kappa shape index (κ2) is 8.39. The number of hydrogen-bond acceptors (Lipinski definition) is 6. The van der Waals surface area contributed by atoms with Gasteiger partial charge in [0.05, 0.1) is 17.5 Å². The van der Waals surface area contributed by atoms with Crippen molar-refractivity contribution in [3.8, 4) is 0 Å². The molecule has 0 aliphatic carbocycles. The van der Waals surface area contributed by atoms with E-state index in [0.29, 0.717) is 36.9 Å². The number of aliphatic carboxylic acids is 1. The number of rotatable bonds is 7. The van der Waals surface area contributed by atoms with E-state index in [1.54, 1.807) is 19.2 Å². The molecule has 2 rings (SSSR count). The highest BCUT2D eigenvalue weighted by molar-refractivity contribution is 7.13. The Morgan fingerprint density at radius 3 is 2.64 bits per heavy atom. The van der Waals surface area contributed by atoms with E-state index in [0.717, 1.165) is 0 Å². The van der Waals surface area contributed by atoms with Gasteiger partial charge in [-0.2, -0.15) is 0 Å². The number of aromatic nitrogens is 1. The number of carboxylic acids is 1. The van der Waals surface area contributed by atoms with Crippen LogP contribution in [0.3, 0.4) is 0 Å². The monoisotopic (exact) mass is 369 g/mol. The molecule has 2 heterocycles. The molecule has 1 aromatic rings.